The first-order valence-corrected chi connectivity index (χ1v) is 14.3. The Morgan fingerprint density at radius 3 is 2.47 bits per heavy atom. The Balaban J connectivity index is 1.33. The Labute approximate surface area is 260 Å². The van der Waals surface area contributed by atoms with E-state index < -0.39 is 35.1 Å². The van der Waals surface area contributed by atoms with E-state index in [1.165, 1.54) is 30.3 Å². The third-order valence-corrected chi connectivity index (χ3v) is 8.16. The number of carboxylic acids is 1. The molecule has 12 heteroatoms. The molecule has 1 aliphatic rings. The van der Waals surface area contributed by atoms with Gasteiger partial charge in [0, 0.05) is 28.0 Å². The predicted octanol–water partition coefficient (Wildman–Crippen LogP) is 7.77. The Bertz CT molecular complexity index is 1960. The zero-order valence-corrected chi connectivity index (χ0v) is 24.8. The standard InChI is InChI=1S/C33H26ClF4N3O4/c1-33(2)16-44-15-29(33)41-28-10-17(32(42)43)4-7-27(28)39-30(41)11-19-9-25(38)21(13-24(19)37)26-8-6-22(35)31(40-26)45-14-18-3-5-20(34)12-23(18)36/h3-10,12-13,29H,11,14-16H2,1-2H3,(H,42,43)/t29-/m1/s1. The molecule has 1 aliphatic heterocycles. The van der Waals surface area contributed by atoms with Gasteiger partial charge < -0.3 is 19.1 Å². The van der Waals surface area contributed by atoms with Crippen LogP contribution in [0.4, 0.5) is 17.6 Å². The Hall–Kier alpha value is -4.48. The maximum atomic E-state index is 15.6. The smallest absolute Gasteiger partial charge is 0.335 e. The van der Waals surface area contributed by atoms with Crippen LogP contribution in [0.5, 0.6) is 5.88 Å². The summed E-state index contributed by atoms with van der Waals surface area (Å²) in [7, 11) is 0. The minimum atomic E-state index is -1.10. The molecule has 232 valence electrons. The number of carboxylic acid groups (broad SMARTS) is 1. The van der Waals surface area contributed by atoms with Gasteiger partial charge in [0.05, 0.1) is 41.5 Å². The number of halogens is 5. The molecule has 1 fully saturated rings. The Morgan fingerprint density at radius 1 is 0.978 bits per heavy atom. The van der Waals surface area contributed by atoms with Gasteiger partial charge in [0.1, 0.15) is 29.9 Å². The van der Waals surface area contributed by atoms with Crippen LogP contribution in [0.25, 0.3) is 22.3 Å². The number of hydrogen-bond acceptors (Lipinski definition) is 5. The molecule has 0 bridgehead atoms. The number of rotatable bonds is 8. The van der Waals surface area contributed by atoms with Crippen LogP contribution < -0.4 is 4.74 Å². The van der Waals surface area contributed by atoms with Gasteiger partial charge in [0.2, 0.25) is 0 Å². The van der Waals surface area contributed by atoms with Gasteiger partial charge >= 0.3 is 5.97 Å². The first-order chi connectivity index (χ1) is 21.4. The van der Waals surface area contributed by atoms with E-state index in [9.17, 15) is 18.7 Å². The number of hydrogen-bond donors (Lipinski definition) is 1. The molecule has 6 rings (SSSR count). The lowest BCUT2D eigenvalue weighted by molar-refractivity contribution is 0.0697. The van der Waals surface area contributed by atoms with Crippen LogP contribution in [0.15, 0.2) is 60.7 Å². The zero-order valence-electron chi connectivity index (χ0n) is 24.1. The van der Waals surface area contributed by atoms with Gasteiger partial charge in [-0.3, -0.25) is 0 Å². The molecule has 1 N–H and O–H groups in total. The molecule has 0 spiro atoms. The first kappa shape index (κ1) is 30.5. The minimum absolute atomic E-state index is 0.000200. The number of nitrogens with zero attached hydrogens (tertiary/aromatic N) is 3. The van der Waals surface area contributed by atoms with Gasteiger partial charge in [-0.25, -0.2) is 32.3 Å². The molecule has 5 aromatic rings. The summed E-state index contributed by atoms with van der Waals surface area (Å²) in [6.07, 6.45) is -0.107. The maximum absolute atomic E-state index is 15.6. The molecule has 1 atom stereocenters. The van der Waals surface area contributed by atoms with Gasteiger partial charge in [-0.15, -0.1) is 0 Å². The van der Waals surface area contributed by atoms with Crippen molar-refractivity contribution in [3.05, 3.63) is 111 Å². The molecule has 3 heterocycles. The van der Waals surface area contributed by atoms with Crippen molar-refractivity contribution in [1.29, 1.82) is 0 Å². The summed E-state index contributed by atoms with van der Waals surface area (Å²) >= 11 is 5.77. The fourth-order valence-electron chi connectivity index (χ4n) is 5.48. The normalized spacial score (nSPS) is 15.9. The summed E-state index contributed by atoms with van der Waals surface area (Å²) in [6, 6.07) is 12.4. The van der Waals surface area contributed by atoms with Crippen LogP contribution >= 0.6 is 11.6 Å². The molecule has 1 saturated heterocycles. The molecule has 7 nitrogen and oxygen atoms in total. The highest BCUT2D eigenvalue weighted by atomic mass is 35.5. The van der Waals surface area contributed by atoms with Crippen molar-refractivity contribution < 1.29 is 36.9 Å². The monoisotopic (exact) mass is 639 g/mol. The van der Waals surface area contributed by atoms with E-state index in [-0.39, 0.29) is 57.5 Å². The van der Waals surface area contributed by atoms with Gasteiger partial charge in [-0.2, -0.15) is 0 Å². The summed E-state index contributed by atoms with van der Waals surface area (Å²) < 4.78 is 72.8. The molecule has 0 unspecified atom stereocenters. The molecule has 0 amide bonds. The summed E-state index contributed by atoms with van der Waals surface area (Å²) in [5.74, 6) is -4.29. The third kappa shape index (κ3) is 5.97. The van der Waals surface area contributed by atoms with Crippen LogP contribution in [-0.2, 0) is 17.8 Å². The molecular formula is C33H26ClF4N3O4. The van der Waals surface area contributed by atoms with Crippen molar-refractivity contribution in [3.8, 4) is 17.1 Å². The highest BCUT2D eigenvalue weighted by Crippen LogP contribution is 2.40. The Kier molecular flexibility index (Phi) is 8.00. The molecule has 0 radical (unpaired) electrons. The van der Waals surface area contributed by atoms with Crippen molar-refractivity contribution in [2.75, 3.05) is 13.2 Å². The van der Waals surface area contributed by atoms with Crippen molar-refractivity contribution in [3.63, 3.8) is 0 Å². The van der Waals surface area contributed by atoms with Crippen molar-refractivity contribution in [1.82, 2.24) is 14.5 Å². The summed E-state index contributed by atoms with van der Waals surface area (Å²) in [6.45, 7) is 4.44. The first-order valence-electron chi connectivity index (χ1n) is 13.9. The minimum Gasteiger partial charge on any atom is -0.478 e. The average Bonchev–Trinajstić information content (AvgIpc) is 3.52. The number of fused-ring (bicyclic) bond motifs is 1. The van der Waals surface area contributed by atoms with Gasteiger partial charge in [-0.1, -0.05) is 31.5 Å². The lowest BCUT2D eigenvalue weighted by Gasteiger charge is -2.28. The number of carbonyl (C=O) groups is 1. The molecule has 0 saturated carbocycles. The van der Waals surface area contributed by atoms with E-state index >= 15 is 8.78 Å². The van der Waals surface area contributed by atoms with E-state index in [2.05, 4.69) is 9.97 Å². The quantitative estimate of drug-likeness (QED) is 0.175. The molecule has 2 aromatic heterocycles. The molecule has 3 aromatic carbocycles. The fourth-order valence-corrected chi connectivity index (χ4v) is 5.64. The van der Waals surface area contributed by atoms with E-state index in [0.29, 0.717) is 30.1 Å². The summed E-state index contributed by atoms with van der Waals surface area (Å²) in [4.78, 5) is 20.4. The summed E-state index contributed by atoms with van der Waals surface area (Å²) in [5, 5.41) is 9.75. The summed E-state index contributed by atoms with van der Waals surface area (Å²) in [5.41, 5.74) is 0.562. The van der Waals surface area contributed by atoms with Crippen LogP contribution in [-0.4, -0.2) is 38.8 Å². The topological polar surface area (TPSA) is 86.5 Å². The molecule has 45 heavy (non-hydrogen) atoms. The number of aromatic nitrogens is 3. The zero-order chi connectivity index (χ0) is 32.0. The SMILES string of the molecule is CC1(C)COC[C@H]1n1c(Cc2cc(F)c(-c3ccc(F)c(OCc4ccc(Cl)cc4F)n3)cc2F)nc2ccc(C(=O)O)cc21. The largest absolute Gasteiger partial charge is 0.478 e. The number of imidazole rings is 1. The van der Waals surface area contributed by atoms with E-state index in [1.54, 1.807) is 6.07 Å². The van der Waals surface area contributed by atoms with Gasteiger partial charge in [0.25, 0.3) is 5.88 Å². The number of ether oxygens (including phenoxy) is 2. The van der Waals surface area contributed by atoms with Gasteiger partial charge in [-0.05, 0) is 60.2 Å². The number of aromatic carboxylic acids is 1. The molecular weight excluding hydrogens is 614 g/mol. The number of pyridine rings is 1. The average molecular weight is 640 g/mol. The predicted molar refractivity (Wildman–Crippen MR) is 158 cm³/mol. The third-order valence-electron chi connectivity index (χ3n) is 7.93. The second kappa shape index (κ2) is 11.8. The highest BCUT2D eigenvalue weighted by Gasteiger charge is 2.39. The number of benzene rings is 3. The van der Waals surface area contributed by atoms with Crippen LogP contribution in [0.1, 0.15) is 47.2 Å². The lowest BCUT2D eigenvalue weighted by atomic mass is 9.87. The maximum Gasteiger partial charge on any atom is 0.335 e. The second-order valence-corrected chi connectivity index (χ2v) is 12.0. The van der Waals surface area contributed by atoms with Crippen LogP contribution in [0.3, 0.4) is 0 Å². The van der Waals surface area contributed by atoms with E-state index in [1.807, 2.05) is 18.4 Å². The van der Waals surface area contributed by atoms with E-state index in [4.69, 9.17) is 21.1 Å². The molecule has 0 aliphatic carbocycles. The highest BCUT2D eigenvalue weighted by molar-refractivity contribution is 6.30. The van der Waals surface area contributed by atoms with Crippen molar-refractivity contribution in [2.24, 2.45) is 5.41 Å². The van der Waals surface area contributed by atoms with E-state index in [0.717, 1.165) is 24.3 Å². The fraction of sp³-hybridized carbons (Fsp3) is 0.242. The van der Waals surface area contributed by atoms with Crippen molar-refractivity contribution >= 4 is 28.6 Å². The van der Waals surface area contributed by atoms with Crippen LogP contribution in [0.2, 0.25) is 5.02 Å². The lowest BCUT2D eigenvalue weighted by Crippen LogP contribution is -2.27. The van der Waals surface area contributed by atoms with Gasteiger partial charge in [0.15, 0.2) is 5.82 Å². The van der Waals surface area contributed by atoms with Crippen LogP contribution in [0, 0.1) is 28.7 Å². The second-order valence-electron chi connectivity index (χ2n) is 11.5. The van der Waals surface area contributed by atoms with Crippen molar-refractivity contribution in [2.45, 2.75) is 32.9 Å². The Morgan fingerprint density at radius 2 is 1.76 bits per heavy atom.